The molecule has 0 atom stereocenters. The highest BCUT2D eigenvalue weighted by Gasteiger charge is 2.36. The van der Waals surface area contributed by atoms with Crippen LogP contribution in [0.4, 0.5) is 13.2 Å². The number of nitrogens with one attached hydrogen (secondary N) is 1. The van der Waals surface area contributed by atoms with Crippen LogP contribution in [-0.4, -0.2) is 23.1 Å². The number of carbonyl (C=O) groups excluding carboxylic acids is 2. The molecule has 1 rings (SSSR count). The first kappa shape index (κ1) is 14.2. The van der Waals surface area contributed by atoms with Crippen molar-refractivity contribution in [1.29, 1.82) is 0 Å². The Labute approximate surface area is 103 Å². The molecular weight excluding hydrogens is 273 g/mol. The maximum atomic E-state index is 12.0. The summed E-state index contributed by atoms with van der Waals surface area (Å²) in [5, 5.41) is 8.35. The largest absolute Gasteiger partial charge is 0.454 e. The highest BCUT2D eigenvalue weighted by molar-refractivity contribution is 7.15. The summed E-state index contributed by atoms with van der Waals surface area (Å²) < 4.78 is 35.9. The van der Waals surface area contributed by atoms with Gasteiger partial charge in [0.15, 0.2) is 0 Å². The zero-order valence-electron chi connectivity index (χ0n) is 8.62. The van der Waals surface area contributed by atoms with Crippen LogP contribution in [0.2, 0.25) is 0 Å². The Morgan fingerprint density at radius 2 is 1.89 bits per heavy atom. The van der Waals surface area contributed by atoms with Gasteiger partial charge in [-0.2, -0.15) is 13.2 Å². The number of thiophene rings is 1. The smallest absolute Gasteiger partial charge is 0.397 e. The molecule has 0 aromatic carbocycles. The monoisotopic (exact) mass is 280 g/mol. The number of allylic oxidation sites excluding steroid dienone is 1. The van der Waals surface area contributed by atoms with Crippen molar-refractivity contribution in [1.82, 2.24) is 5.48 Å². The SMILES string of the molecule is NC(=CC(=O)C(F)(F)F)c1ccc(C(=O)NO)s1. The van der Waals surface area contributed by atoms with Gasteiger partial charge in [-0.3, -0.25) is 14.8 Å². The topological polar surface area (TPSA) is 92.4 Å². The van der Waals surface area contributed by atoms with E-state index in [1.165, 1.54) is 17.6 Å². The molecule has 5 nitrogen and oxygen atoms in total. The second kappa shape index (κ2) is 5.19. The van der Waals surface area contributed by atoms with E-state index in [-0.39, 0.29) is 15.8 Å². The third-order valence-electron chi connectivity index (χ3n) is 1.78. The van der Waals surface area contributed by atoms with E-state index in [0.29, 0.717) is 0 Å². The van der Waals surface area contributed by atoms with E-state index >= 15 is 0 Å². The fourth-order valence-electron chi connectivity index (χ4n) is 0.964. The highest BCUT2D eigenvalue weighted by Crippen LogP contribution is 2.23. The minimum Gasteiger partial charge on any atom is -0.397 e. The first-order valence-corrected chi connectivity index (χ1v) is 5.20. The fourth-order valence-corrected chi connectivity index (χ4v) is 1.79. The molecule has 0 radical (unpaired) electrons. The lowest BCUT2D eigenvalue weighted by Crippen LogP contribution is -2.21. The highest BCUT2D eigenvalue weighted by atomic mass is 32.1. The van der Waals surface area contributed by atoms with Crippen molar-refractivity contribution in [2.24, 2.45) is 5.73 Å². The number of hydrogen-bond acceptors (Lipinski definition) is 5. The van der Waals surface area contributed by atoms with Crippen LogP contribution in [0.25, 0.3) is 5.70 Å². The fraction of sp³-hybridized carbons (Fsp3) is 0.111. The van der Waals surface area contributed by atoms with Gasteiger partial charge in [0.05, 0.1) is 15.5 Å². The summed E-state index contributed by atoms with van der Waals surface area (Å²) in [5.74, 6) is -2.90. The molecule has 1 aromatic rings. The van der Waals surface area contributed by atoms with Gasteiger partial charge >= 0.3 is 6.18 Å². The normalized spacial score (nSPS) is 12.3. The number of carbonyl (C=O) groups is 2. The average molecular weight is 280 g/mol. The molecule has 0 spiro atoms. The van der Waals surface area contributed by atoms with Crippen LogP contribution in [0.1, 0.15) is 14.5 Å². The van der Waals surface area contributed by atoms with Gasteiger partial charge in [-0.05, 0) is 12.1 Å². The van der Waals surface area contributed by atoms with E-state index in [1.807, 2.05) is 0 Å². The molecule has 0 unspecified atom stereocenters. The molecule has 0 aliphatic heterocycles. The Balaban J connectivity index is 2.95. The molecule has 18 heavy (non-hydrogen) atoms. The van der Waals surface area contributed by atoms with Crippen molar-refractivity contribution in [3.63, 3.8) is 0 Å². The molecule has 0 fully saturated rings. The minimum absolute atomic E-state index is 0.0447. The molecule has 0 bridgehead atoms. The van der Waals surface area contributed by atoms with E-state index < -0.39 is 23.6 Å². The van der Waals surface area contributed by atoms with Crippen molar-refractivity contribution < 1.29 is 28.0 Å². The molecule has 98 valence electrons. The van der Waals surface area contributed by atoms with Gasteiger partial charge in [-0.1, -0.05) is 0 Å². The summed E-state index contributed by atoms with van der Waals surface area (Å²) in [7, 11) is 0. The van der Waals surface area contributed by atoms with Crippen molar-refractivity contribution in [3.05, 3.63) is 28.0 Å². The molecule has 0 aliphatic rings. The quantitative estimate of drug-likeness (QED) is 0.442. The van der Waals surface area contributed by atoms with Gasteiger partial charge in [0, 0.05) is 6.08 Å². The number of rotatable bonds is 3. The molecule has 9 heteroatoms. The van der Waals surface area contributed by atoms with Gasteiger partial charge in [-0.25, -0.2) is 5.48 Å². The van der Waals surface area contributed by atoms with Crippen LogP contribution < -0.4 is 11.2 Å². The van der Waals surface area contributed by atoms with Crippen molar-refractivity contribution >= 4 is 28.7 Å². The summed E-state index contributed by atoms with van der Waals surface area (Å²) in [6, 6.07) is 2.52. The lowest BCUT2D eigenvalue weighted by molar-refractivity contribution is -0.165. The number of halogens is 3. The summed E-state index contributed by atoms with van der Waals surface area (Å²) >= 11 is 0.741. The van der Waals surface area contributed by atoms with E-state index in [0.717, 1.165) is 11.3 Å². The van der Waals surface area contributed by atoms with Gasteiger partial charge in [0.1, 0.15) is 0 Å². The van der Waals surface area contributed by atoms with Crippen molar-refractivity contribution in [2.75, 3.05) is 0 Å². The van der Waals surface area contributed by atoms with Gasteiger partial charge in [0.2, 0.25) is 0 Å². The Bertz CT molecular complexity index is 507. The number of amides is 1. The lowest BCUT2D eigenvalue weighted by atomic mass is 10.2. The van der Waals surface area contributed by atoms with Gasteiger partial charge in [-0.15, -0.1) is 11.3 Å². The third kappa shape index (κ3) is 3.31. The maximum Gasteiger partial charge on any atom is 0.454 e. The van der Waals surface area contributed by atoms with Crippen LogP contribution in [0, 0.1) is 0 Å². The molecule has 1 aromatic heterocycles. The summed E-state index contributed by atoms with van der Waals surface area (Å²) in [5.41, 5.74) is 6.26. The van der Waals surface area contributed by atoms with Crippen LogP contribution in [-0.2, 0) is 4.79 Å². The number of hydroxylamine groups is 1. The first-order chi connectivity index (χ1) is 8.25. The molecule has 0 saturated carbocycles. The molecule has 0 aliphatic carbocycles. The zero-order chi connectivity index (χ0) is 13.9. The van der Waals surface area contributed by atoms with Crippen LogP contribution in [0.5, 0.6) is 0 Å². The van der Waals surface area contributed by atoms with Crippen molar-refractivity contribution in [2.45, 2.75) is 6.18 Å². The number of ketones is 1. The summed E-state index contributed by atoms with van der Waals surface area (Å²) in [4.78, 5) is 21.8. The molecule has 4 N–H and O–H groups in total. The van der Waals surface area contributed by atoms with E-state index in [9.17, 15) is 22.8 Å². The molecular formula is C9H7F3N2O3S. The molecule has 0 saturated heterocycles. The van der Waals surface area contributed by atoms with E-state index in [4.69, 9.17) is 10.9 Å². The molecule has 1 heterocycles. The zero-order valence-corrected chi connectivity index (χ0v) is 9.43. The lowest BCUT2D eigenvalue weighted by Gasteiger charge is -2.01. The van der Waals surface area contributed by atoms with E-state index in [1.54, 1.807) is 0 Å². The predicted octanol–water partition coefficient (Wildman–Crippen LogP) is 1.30. The minimum atomic E-state index is -4.99. The predicted molar refractivity (Wildman–Crippen MR) is 56.8 cm³/mol. The Kier molecular flexibility index (Phi) is 4.09. The van der Waals surface area contributed by atoms with Crippen LogP contribution in [0.3, 0.4) is 0 Å². The standard InChI is InChI=1S/C9H7F3N2O3S/c10-9(11,12)7(15)3-4(13)5-1-2-6(18-5)8(16)14-17/h1-3,17H,13H2,(H,14,16). The van der Waals surface area contributed by atoms with Gasteiger partial charge < -0.3 is 5.73 Å². The third-order valence-corrected chi connectivity index (χ3v) is 2.91. The summed E-state index contributed by atoms with van der Waals surface area (Å²) in [6.45, 7) is 0. The first-order valence-electron chi connectivity index (χ1n) is 4.38. The Hall–Kier alpha value is -1.87. The number of nitrogens with two attached hydrogens (primary N) is 1. The number of alkyl halides is 3. The second-order valence-corrected chi connectivity index (χ2v) is 4.15. The van der Waals surface area contributed by atoms with E-state index in [2.05, 4.69) is 0 Å². The Morgan fingerprint density at radius 1 is 1.33 bits per heavy atom. The molecule has 1 amide bonds. The number of hydrogen-bond donors (Lipinski definition) is 3. The van der Waals surface area contributed by atoms with Crippen LogP contribution in [0.15, 0.2) is 18.2 Å². The maximum absolute atomic E-state index is 12.0. The van der Waals surface area contributed by atoms with Crippen molar-refractivity contribution in [3.8, 4) is 0 Å². The summed E-state index contributed by atoms with van der Waals surface area (Å²) in [6.07, 6.45) is -4.75. The van der Waals surface area contributed by atoms with Crippen LogP contribution >= 0.6 is 11.3 Å². The van der Waals surface area contributed by atoms with Gasteiger partial charge in [0.25, 0.3) is 11.7 Å². The Morgan fingerprint density at radius 3 is 2.39 bits per heavy atom. The average Bonchev–Trinajstić information content (AvgIpc) is 2.75. The second-order valence-electron chi connectivity index (χ2n) is 3.07.